The molecule has 2 nitrogen and oxygen atoms in total. The first-order chi connectivity index (χ1) is 8.25. The number of nitrogen functional groups attached to an aromatic ring is 1. The Morgan fingerprint density at radius 1 is 1.17 bits per heavy atom. The second-order valence-corrected chi connectivity index (χ2v) is 7.44. The van der Waals surface area contributed by atoms with Gasteiger partial charge in [0.1, 0.15) is 0 Å². The van der Waals surface area contributed by atoms with Crippen LogP contribution < -0.4 is 11.1 Å². The van der Waals surface area contributed by atoms with Gasteiger partial charge in [0.25, 0.3) is 0 Å². The van der Waals surface area contributed by atoms with Crippen LogP contribution in [0.3, 0.4) is 0 Å². The number of rotatable bonds is 4. The van der Waals surface area contributed by atoms with E-state index in [0.29, 0.717) is 10.8 Å². The summed E-state index contributed by atoms with van der Waals surface area (Å²) in [5, 5.41) is 3.55. The van der Waals surface area contributed by atoms with Gasteiger partial charge < -0.3 is 11.1 Å². The van der Waals surface area contributed by atoms with Gasteiger partial charge >= 0.3 is 0 Å². The molecule has 0 amide bonds. The summed E-state index contributed by atoms with van der Waals surface area (Å²) >= 11 is 3.47. The summed E-state index contributed by atoms with van der Waals surface area (Å²) in [5.74, 6) is 0.759. The second-order valence-electron chi connectivity index (χ2n) is 6.52. The summed E-state index contributed by atoms with van der Waals surface area (Å²) in [6.45, 7) is 11.4. The van der Waals surface area contributed by atoms with Crippen molar-refractivity contribution in [2.75, 3.05) is 12.3 Å². The van der Waals surface area contributed by atoms with Gasteiger partial charge in [0.15, 0.2) is 0 Å². The number of hydrogen-bond acceptors (Lipinski definition) is 2. The molecule has 0 spiro atoms. The van der Waals surface area contributed by atoms with Crippen LogP contribution in [0.1, 0.15) is 33.3 Å². The third kappa shape index (κ3) is 2.43. The van der Waals surface area contributed by atoms with E-state index >= 15 is 0 Å². The van der Waals surface area contributed by atoms with E-state index in [4.69, 9.17) is 5.73 Å². The maximum atomic E-state index is 5.83. The van der Waals surface area contributed by atoms with E-state index in [9.17, 15) is 0 Å². The third-order valence-electron chi connectivity index (χ3n) is 4.98. The molecular weight excluding hydrogens is 288 g/mol. The smallest absolute Gasteiger partial charge is 0.0328 e. The number of benzene rings is 1. The van der Waals surface area contributed by atoms with Crippen molar-refractivity contribution in [1.82, 2.24) is 5.32 Å². The Hall–Kier alpha value is -0.540. The highest BCUT2D eigenvalue weighted by atomic mass is 79.9. The Kier molecular flexibility index (Phi) is 3.50. The molecular formula is C15H23BrN2. The molecule has 0 bridgehead atoms. The molecule has 100 valence electrons. The fraction of sp³-hybridized carbons (Fsp3) is 0.600. The van der Waals surface area contributed by atoms with Gasteiger partial charge in [-0.05, 0) is 47.1 Å². The van der Waals surface area contributed by atoms with Gasteiger partial charge in [-0.25, -0.2) is 0 Å². The predicted molar refractivity (Wildman–Crippen MR) is 81.3 cm³/mol. The van der Waals surface area contributed by atoms with Crippen LogP contribution in [0.5, 0.6) is 0 Å². The first-order valence-corrected chi connectivity index (χ1v) is 7.30. The minimum absolute atomic E-state index is 0.455. The van der Waals surface area contributed by atoms with E-state index in [1.54, 1.807) is 0 Å². The fourth-order valence-electron chi connectivity index (χ4n) is 2.98. The predicted octanol–water partition coefficient (Wildman–Crippen LogP) is 3.80. The zero-order chi connectivity index (χ0) is 13.6. The molecule has 1 aromatic rings. The Balaban J connectivity index is 1.87. The Labute approximate surface area is 118 Å². The van der Waals surface area contributed by atoms with E-state index < -0.39 is 0 Å². The number of nitrogens with one attached hydrogen (secondary N) is 1. The van der Waals surface area contributed by atoms with Crippen molar-refractivity contribution in [2.45, 2.75) is 34.2 Å². The van der Waals surface area contributed by atoms with E-state index in [1.165, 1.54) is 5.56 Å². The monoisotopic (exact) mass is 310 g/mol. The van der Waals surface area contributed by atoms with Gasteiger partial charge in [-0.2, -0.15) is 0 Å². The molecule has 0 saturated heterocycles. The summed E-state index contributed by atoms with van der Waals surface area (Å²) in [5.41, 5.74) is 8.79. The van der Waals surface area contributed by atoms with Crippen LogP contribution in [0, 0.1) is 16.7 Å². The third-order valence-corrected chi connectivity index (χ3v) is 5.43. The molecule has 0 unspecified atom stereocenters. The van der Waals surface area contributed by atoms with Crippen LogP contribution in [-0.2, 0) is 6.54 Å². The maximum absolute atomic E-state index is 5.83. The highest BCUT2D eigenvalue weighted by Crippen LogP contribution is 2.67. The van der Waals surface area contributed by atoms with Crippen molar-refractivity contribution in [3.05, 3.63) is 28.2 Å². The minimum atomic E-state index is 0.455. The van der Waals surface area contributed by atoms with Crippen LogP contribution in [-0.4, -0.2) is 6.54 Å². The molecule has 1 aliphatic rings. The average molecular weight is 311 g/mol. The summed E-state index contributed by atoms with van der Waals surface area (Å²) in [6.07, 6.45) is 0. The van der Waals surface area contributed by atoms with Crippen molar-refractivity contribution in [1.29, 1.82) is 0 Å². The molecule has 0 atom stereocenters. The average Bonchev–Trinajstić information content (AvgIpc) is 2.59. The Bertz CT molecular complexity index is 418. The summed E-state index contributed by atoms with van der Waals surface area (Å²) < 4.78 is 1.05. The fourth-order valence-corrected chi connectivity index (χ4v) is 3.54. The van der Waals surface area contributed by atoms with Gasteiger partial charge in [0.2, 0.25) is 0 Å². The molecule has 1 aromatic carbocycles. The van der Waals surface area contributed by atoms with Crippen LogP contribution in [0.25, 0.3) is 0 Å². The van der Waals surface area contributed by atoms with Crippen molar-refractivity contribution in [3.63, 3.8) is 0 Å². The first-order valence-electron chi connectivity index (χ1n) is 6.51. The number of nitrogens with two attached hydrogens (primary N) is 1. The Morgan fingerprint density at radius 3 is 2.28 bits per heavy atom. The zero-order valence-electron chi connectivity index (χ0n) is 11.7. The quantitative estimate of drug-likeness (QED) is 0.830. The molecule has 1 aliphatic carbocycles. The number of hydrogen-bond donors (Lipinski definition) is 2. The van der Waals surface area contributed by atoms with Gasteiger partial charge in [0.05, 0.1) is 0 Å². The molecule has 18 heavy (non-hydrogen) atoms. The lowest BCUT2D eigenvalue weighted by Crippen LogP contribution is -2.19. The van der Waals surface area contributed by atoms with Crippen LogP contribution >= 0.6 is 15.9 Å². The maximum Gasteiger partial charge on any atom is 0.0328 e. The summed E-state index contributed by atoms with van der Waals surface area (Å²) in [7, 11) is 0. The van der Waals surface area contributed by atoms with Crippen molar-refractivity contribution in [3.8, 4) is 0 Å². The highest BCUT2D eigenvalue weighted by Gasteiger charge is 2.63. The summed E-state index contributed by atoms with van der Waals surface area (Å²) in [4.78, 5) is 0. The van der Waals surface area contributed by atoms with Gasteiger partial charge in [0, 0.05) is 16.7 Å². The molecule has 0 aliphatic heterocycles. The normalized spacial score (nSPS) is 20.9. The molecule has 3 N–H and O–H groups in total. The molecule has 2 rings (SSSR count). The second kappa shape index (κ2) is 4.53. The molecule has 0 radical (unpaired) electrons. The SMILES string of the molecule is CC1(C)C(CNCc2cc(N)cc(Br)c2)C1(C)C. The summed E-state index contributed by atoms with van der Waals surface area (Å²) in [6, 6.07) is 6.07. The van der Waals surface area contributed by atoms with Crippen molar-refractivity contribution >= 4 is 21.6 Å². The van der Waals surface area contributed by atoms with E-state index in [0.717, 1.165) is 29.2 Å². The number of anilines is 1. The molecule has 3 heteroatoms. The van der Waals surface area contributed by atoms with E-state index in [-0.39, 0.29) is 0 Å². The van der Waals surface area contributed by atoms with E-state index in [1.807, 2.05) is 12.1 Å². The number of halogens is 1. The van der Waals surface area contributed by atoms with Crippen LogP contribution in [0.4, 0.5) is 5.69 Å². The molecule has 0 aromatic heterocycles. The topological polar surface area (TPSA) is 38.0 Å². The minimum Gasteiger partial charge on any atom is -0.399 e. The van der Waals surface area contributed by atoms with E-state index in [2.05, 4.69) is 55.0 Å². The lowest BCUT2D eigenvalue weighted by molar-refractivity contribution is 0.457. The lowest BCUT2D eigenvalue weighted by atomic mass is 10.0. The van der Waals surface area contributed by atoms with Crippen LogP contribution in [0.2, 0.25) is 0 Å². The highest BCUT2D eigenvalue weighted by molar-refractivity contribution is 9.10. The molecule has 0 heterocycles. The van der Waals surface area contributed by atoms with Gasteiger partial charge in [-0.1, -0.05) is 43.6 Å². The first kappa shape index (κ1) is 13.9. The molecule has 1 fully saturated rings. The largest absolute Gasteiger partial charge is 0.399 e. The van der Waals surface area contributed by atoms with Gasteiger partial charge in [-0.3, -0.25) is 0 Å². The lowest BCUT2D eigenvalue weighted by Gasteiger charge is -2.07. The van der Waals surface area contributed by atoms with Gasteiger partial charge in [-0.15, -0.1) is 0 Å². The Morgan fingerprint density at radius 2 is 1.78 bits per heavy atom. The van der Waals surface area contributed by atoms with Crippen molar-refractivity contribution in [2.24, 2.45) is 16.7 Å². The zero-order valence-corrected chi connectivity index (χ0v) is 13.3. The van der Waals surface area contributed by atoms with Crippen molar-refractivity contribution < 1.29 is 0 Å². The van der Waals surface area contributed by atoms with Crippen LogP contribution in [0.15, 0.2) is 22.7 Å². The standard InChI is InChI=1S/C15H23BrN2/c1-14(2)13(15(14,3)4)9-18-8-10-5-11(16)7-12(17)6-10/h5-7,13,18H,8-9,17H2,1-4H3. The molecule has 1 saturated carbocycles.